The predicted molar refractivity (Wildman–Crippen MR) is 120 cm³/mol. The van der Waals surface area contributed by atoms with Gasteiger partial charge in [-0.25, -0.2) is 12.7 Å². The van der Waals surface area contributed by atoms with E-state index >= 15 is 0 Å². The highest BCUT2D eigenvalue weighted by Crippen LogP contribution is 2.19. The summed E-state index contributed by atoms with van der Waals surface area (Å²) in [6, 6.07) is 15.0. The highest BCUT2D eigenvalue weighted by Gasteiger charge is 2.18. The van der Waals surface area contributed by atoms with Crippen LogP contribution in [0.5, 0.6) is 0 Å². The van der Waals surface area contributed by atoms with Crippen molar-refractivity contribution < 1.29 is 8.42 Å². The molecule has 0 spiro atoms. The number of benzene rings is 2. The van der Waals surface area contributed by atoms with E-state index in [0.717, 1.165) is 17.8 Å². The smallest absolute Gasteiger partial charge is 0.242 e. The first-order valence-electron chi connectivity index (χ1n) is 9.00. The van der Waals surface area contributed by atoms with Gasteiger partial charge in [-0.1, -0.05) is 18.2 Å². The number of rotatable bonds is 7. The van der Waals surface area contributed by atoms with Crippen LogP contribution in [0, 0.1) is 0 Å². The Balaban J connectivity index is 2.12. The van der Waals surface area contributed by atoms with Gasteiger partial charge < -0.3 is 15.1 Å². The van der Waals surface area contributed by atoms with Gasteiger partial charge in [0.15, 0.2) is 5.11 Å². The van der Waals surface area contributed by atoms with Crippen LogP contribution < -0.4 is 10.2 Å². The van der Waals surface area contributed by atoms with Crippen molar-refractivity contribution in [3.8, 4) is 0 Å². The summed E-state index contributed by atoms with van der Waals surface area (Å²) in [4.78, 5) is 4.32. The lowest BCUT2D eigenvalue weighted by Crippen LogP contribution is -2.34. The third kappa shape index (κ3) is 5.43. The number of anilines is 2. The van der Waals surface area contributed by atoms with Gasteiger partial charge in [-0.15, -0.1) is 0 Å². The number of hydrogen-bond donors (Lipinski definition) is 1. The largest absolute Gasteiger partial charge is 0.378 e. The van der Waals surface area contributed by atoms with E-state index in [9.17, 15) is 8.42 Å². The van der Waals surface area contributed by atoms with Crippen LogP contribution in [0.25, 0.3) is 0 Å². The van der Waals surface area contributed by atoms with Crippen molar-refractivity contribution in [2.45, 2.75) is 18.4 Å². The normalized spacial score (nSPS) is 11.4. The molecule has 0 unspecified atom stereocenters. The van der Waals surface area contributed by atoms with Gasteiger partial charge in [0, 0.05) is 52.7 Å². The van der Waals surface area contributed by atoms with Crippen LogP contribution in [0.2, 0.25) is 0 Å². The molecule has 0 atom stereocenters. The summed E-state index contributed by atoms with van der Waals surface area (Å²) >= 11 is 5.56. The van der Waals surface area contributed by atoms with Gasteiger partial charge in [-0.3, -0.25) is 0 Å². The van der Waals surface area contributed by atoms with E-state index in [2.05, 4.69) is 34.5 Å². The molecule has 0 saturated heterocycles. The highest BCUT2D eigenvalue weighted by atomic mass is 32.2. The Labute approximate surface area is 173 Å². The van der Waals surface area contributed by atoms with Crippen molar-refractivity contribution in [1.82, 2.24) is 9.21 Å². The summed E-state index contributed by atoms with van der Waals surface area (Å²) in [5.41, 5.74) is 2.95. The maximum atomic E-state index is 12.3. The monoisotopic (exact) mass is 420 g/mol. The lowest BCUT2D eigenvalue weighted by Gasteiger charge is -2.25. The van der Waals surface area contributed by atoms with Gasteiger partial charge in [-0.2, -0.15) is 0 Å². The van der Waals surface area contributed by atoms with Gasteiger partial charge in [0.25, 0.3) is 0 Å². The van der Waals surface area contributed by atoms with Crippen LogP contribution in [0.1, 0.15) is 12.5 Å². The summed E-state index contributed by atoms with van der Waals surface area (Å²) < 4.78 is 25.9. The molecule has 0 heterocycles. The molecule has 0 saturated carbocycles. The number of nitrogens with one attached hydrogen (secondary N) is 1. The molecule has 2 aromatic carbocycles. The van der Waals surface area contributed by atoms with Crippen LogP contribution in [0.3, 0.4) is 0 Å². The molecule has 0 radical (unpaired) electrons. The van der Waals surface area contributed by atoms with Crippen molar-refractivity contribution in [1.29, 1.82) is 0 Å². The second kappa shape index (κ2) is 9.36. The molecule has 0 fully saturated rings. The van der Waals surface area contributed by atoms with E-state index in [1.807, 2.05) is 25.9 Å². The lowest BCUT2D eigenvalue weighted by atomic mass is 10.2. The van der Waals surface area contributed by atoms with E-state index < -0.39 is 10.0 Å². The molecule has 0 aromatic heterocycles. The average Bonchev–Trinajstić information content (AvgIpc) is 2.66. The fourth-order valence-corrected chi connectivity index (χ4v) is 3.85. The Morgan fingerprint density at radius 2 is 1.68 bits per heavy atom. The molecular formula is C20H28N4O2S2. The maximum Gasteiger partial charge on any atom is 0.242 e. The Hall–Kier alpha value is -2.16. The second-order valence-electron chi connectivity index (χ2n) is 6.82. The van der Waals surface area contributed by atoms with Crippen LogP contribution in [-0.4, -0.2) is 57.5 Å². The van der Waals surface area contributed by atoms with Crippen LogP contribution >= 0.6 is 12.2 Å². The molecule has 1 N–H and O–H groups in total. The number of nitrogens with zero attached hydrogens (tertiary/aromatic N) is 3. The second-order valence-corrected chi connectivity index (χ2v) is 9.36. The van der Waals surface area contributed by atoms with E-state index in [-0.39, 0.29) is 4.90 Å². The Morgan fingerprint density at radius 3 is 2.21 bits per heavy atom. The molecule has 0 aliphatic carbocycles. The van der Waals surface area contributed by atoms with Crippen LogP contribution in [0.15, 0.2) is 53.4 Å². The van der Waals surface area contributed by atoms with Crippen LogP contribution in [0.4, 0.5) is 11.4 Å². The summed E-state index contributed by atoms with van der Waals surface area (Å²) in [6.07, 6.45) is 0. The first-order chi connectivity index (χ1) is 13.1. The van der Waals surface area contributed by atoms with E-state index in [4.69, 9.17) is 12.2 Å². The minimum absolute atomic E-state index is 0.229. The first kappa shape index (κ1) is 22.1. The molecule has 2 aromatic rings. The zero-order valence-corrected chi connectivity index (χ0v) is 18.6. The number of sulfonamides is 1. The molecular weight excluding hydrogens is 392 g/mol. The third-order valence-electron chi connectivity index (χ3n) is 4.36. The zero-order chi connectivity index (χ0) is 20.9. The van der Waals surface area contributed by atoms with E-state index in [1.165, 1.54) is 18.4 Å². The number of hydrogen-bond acceptors (Lipinski definition) is 4. The third-order valence-corrected chi connectivity index (χ3v) is 6.53. The fourth-order valence-electron chi connectivity index (χ4n) is 2.59. The van der Waals surface area contributed by atoms with E-state index in [1.54, 1.807) is 24.3 Å². The van der Waals surface area contributed by atoms with Crippen molar-refractivity contribution in [3.05, 3.63) is 54.1 Å². The quantitative estimate of drug-likeness (QED) is 0.694. The van der Waals surface area contributed by atoms with Crippen molar-refractivity contribution in [2.24, 2.45) is 0 Å². The summed E-state index contributed by atoms with van der Waals surface area (Å²) in [6.45, 7) is 3.44. The SMILES string of the molecule is CCN(Cc1ccc(N(C)C)cc1)C(=S)Nc1cccc(S(=O)(=O)N(C)C)c1. The Morgan fingerprint density at radius 1 is 1.04 bits per heavy atom. The highest BCUT2D eigenvalue weighted by molar-refractivity contribution is 7.89. The molecule has 0 amide bonds. The zero-order valence-electron chi connectivity index (χ0n) is 17.0. The predicted octanol–water partition coefficient (Wildman–Crippen LogP) is 3.22. The van der Waals surface area contributed by atoms with Gasteiger partial charge in [-0.05, 0) is 55.0 Å². The van der Waals surface area contributed by atoms with Crippen LogP contribution in [-0.2, 0) is 16.6 Å². The van der Waals surface area contributed by atoms with Gasteiger partial charge in [0.1, 0.15) is 0 Å². The van der Waals surface area contributed by atoms with Crippen molar-refractivity contribution >= 4 is 38.7 Å². The molecule has 0 bridgehead atoms. The lowest BCUT2D eigenvalue weighted by molar-refractivity contribution is 0.442. The molecule has 2 rings (SSSR count). The molecule has 6 nitrogen and oxygen atoms in total. The standard InChI is InChI=1S/C20H28N4O2S2/c1-6-24(15-16-10-12-18(13-11-16)22(2)3)20(27)21-17-8-7-9-19(14-17)28(25,26)23(4)5/h7-14H,6,15H2,1-5H3,(H,21,27). The van der Waals surface area contributed by atoms with Gasteiger partial charge >= 0.3 is 0 Å². The average molecular weight is 421 g/mol. The summed E-state index contributed by atoms with van der Waals surface area (Å²) in [5.74, 6) is 0. The molecule has 0 aliphatic rings. The van der Waals surface area contributed by atoms with Crippen molar-refractivity contribution in [3.63, 3.8) is 0 Å². The number of thiocarbonyl (C=S) groups is 1. The molecule has 152 valence electrons. The molecule has 0 aliphatic heterocycles. The van der Waals surface area contributed by atoms with Gasteiger partial charge in [0.05, 0.1) is 4.90 Å². The summed E-state index contributed by atoms with van der Waals surface area (Å²) in [5, 5.41) is 3.71. The summed E-state index contributed by atoms with van der Waals surface area (Å²) in [7, 11) is 3.56. The fraction of sp³-hybridized carbons (Fsp3) is 0.350. The Bertz CT molecular complexity index is 910. The maximum absolute atomic E-state index is 12.3. The molecule has 28 heavy (non-hydrogen) atoms. The van der Waals surface area contributed by atoms with E-state index in [0.29, 0.717) is 17.3 Å². The first-order valence-corrected chi connectivity index (χ1v) is 10.8. The Kier molecular flexibility index (Phi) is 7.40. The van der Waals surface area contributed by atoms with Gasteiger partial charge in [0.2, 0.25) is 10.0 Å². The minimum atomic E-state index is -3.49. The molecule has 8 heteroatoms. The van der Waals surface area contributed by atoms with Crippen molar-refractivity contribution in [2.75, 3.05) is 45.0 Å². The topological polar surface area (TPSA) is 55.9 Å². The minimum Gasteiger partial charge on any atom is -0.378 e.